The second kappa shape index (κ2) is 30.2. The van der Waals surface area contributed by atoms with Crippen molar-refractivity contribution in [1.29, 1.82) is 0 Å². The van der Waals surface area contributed by atoms with Crippen molar-refractivity contribution in [2.75, 3.05) is 0 Å². The molecule has 0 spiro atoms. The molecule has 18 rings (SSSR count). The molecule has 0 bridgehead atoms. The van der Waals surface area contributed by atoms with Crippen LogP contribution in [0.2, 0.25) is 20.1 Å². The van der Waals surface area contributed by atoms with Gasteiger partial charge in [-0.05, 0) is 191 Å². The molecule has 7 heterocycles. The first-order valence-electron chi connectivity index (χ1n) is 34.9. The van der Waals surface area contributed by atoms with Gasteiger partial charge in [0.25, 0.3) is 0 Å². The molecule has 7 aromatic carbocycles. The molecule has 3 fully saturated rings. The Hall–Kier alpha value is -11.6. The number of halogens is 4. The van der Waals surface area contributed by atoms with Crippen molar-refractivity contribution in [2.24, 2.45) is 7.05 Å². The zero-order valence-electron chi connectivity index (χ0n) is 58.1. The summed E-state index contributed by atoms with van der Waals surface area (Å²) in [7, 11) is 1.73. The van der Waals surface area contributed by atoms with Gasteiger partial charge in [0.1, 0.15) is 89.4 Å². The number of ketones is 1. The third-order valence-electron chi connectivity index (χ3n) is 19.8. The van der Waals surface area contributed by atoms with Crippen LogP contribution >= 0.6 is 46.4 Å². The van der Waals surface area contributed by atoms with Crippen molar-refractivity contribution in [3.63, 3.8) is 0 Å². The fourth-order valence-electron chi connectivity index (χ4n) is 13.8. The number of hydrogen-bond acceptors (Lipinski definition) is 17. The van der Waals surface area contributed by atoms with Gasteiger partial charge in [-0.2, -0.15) is 5.10 Å². The number of nitrogens with zero attached hydrogens (tertiary/aromatic N) is 8. The van der Waals surface area contributed by atoms with E-state index in [4.69, 9.17) is 79.1 Å². The molecule has 3 saturated carbocycles. The Bertz CT molecular complexity index is 5630. The van der Waals surface area contributed by atoms with Crippen LogP contribution in [0.5, 0.6) is 34.6 Å². The Balaban J connectivity index is 0.000000130. The number of aromatic nitrogens is 8. The summed E-state index contributed by atoms with van der Waals surface area (Å²) in [6, 6.07) is 40.7. The van der Waals surface area contributed by atoms with Crippen LogP contribution in [-0.4, -0.2) is 79.1 Å². The summed E-state index contributed by atoms with van der Waals surface area (Å²) in [5.41, 5.74) is 15.4. The maximum Gasteiger partial charge on any atom is 0.356 e. The highest BCUT2D eigenvalue weighted by Crippen LogP contribution is 2.49. The number of pyridine rings is 1. The van der Waals surface area contributed by atoms with Crippen LogP contribution < -0.4 is 23.7 Å². The molecule has 552 valence electrons. The number of benzene rings is 7. The highest BCUT2D eigenvalue weighted by molar-refractivity contribution is 6.37. The van der Waals surface area contributed by atoms with Gasteiger partial charge in [0, 0.05) is 64.2 Å². The van der Waals surface area contributed by atoms with E-state index in [2.05, 4.69) is 30.7 Å². The van der Waals surface area contributed by atoms with Crippen molar-refractivity contribution in [1.82, 2.24) is 40.1 Å². The lowest BCUT2D eigenvalue weighted by Crippen LogP contribution is -2.09. The van der Waals surface area contributed by atoms with Crippen molar-refractivity contribution in [3.8, 4) is 74.1 Å². The quantitative estimate of drug-likeness (QED) is 0.0719. The SMILES string of the molecule is C.Cc1cccc(Cl)c1-c1noc(C2CC2)c1COc1ccc2c(c1)-c1c(c(C(=O)O)nn1C)CO2.Cc1cccc(Cl)c1-c1noc(C2CC2)c1COc1ccc2c(n1)C=Cc1ccc(C(=O)O)cc1O2.O=C(O)c1ccc2c(c1)C(=O)c1ccc(OCc3c(C4CC4)nnn3-c3c(Cl)cccc3Cl)cc1CC2. The summed E-state index contributed by atoms with van der Waals surface area (Å²) in [5.74, 6) is 2.67. The number of rotatable bonds is 18. The Kier molecular flexibility index (Phi) is 20.2. The number of aromatic carboxylic acids is 3. The van der Waals surface area contributed by atoms with Crippen LogP contribution in [0.4, 0.5) is 0 Å². The van der Waals surface area contributed by atoms with E-state index in [1.165, 1.54) is 12.1 Å². The molecule has 0 atom stereocenters. The minimum atomic E-state index is -1.08. The third kappa shape index (κ3) is 14.8. The Labute approximate surface area is 644 Å². The molecule has 0 unspecified atom stereocenters. The van der Waals surface area contributed by atoms with Crippen LogP contribution in [0.25, 0.3) is 51.6 Å². The molecule has 3 N–H and O–H groups in total. The zero-order chi connectivity index (χ0) is 74.8. The van der Waals surface area contributed by atoms with E-state index < -0.39 is 17.9 Å². The highest BCUT2D eigenvalue weighted by Gasteiger charge is 2.37. The smallest absolute Gasteiger partial charge is 0.356 e. The number of fused-ring (bicyclic) bond motifs is 7. The van der Waals surface area contributed by atoms with Crippen molar-refractivity contribution < 1.29 is 67.2 Å². The van der Waals surface area contributed by atoms with Crippen LogP contribution in [0.3, 0.4) is 0 Å². The zero-order valence-corrected chi connectivity index (χ0v) is 61.1. The number of hydrogen-bond donors (Lipinski definition) is 3. The molecule has 2 aliphatic heterocycles. The third-order valence-corrected chi connectivity index (χ3v) is 21.0. The lowest BCUT2D eigenvalue weighted by Gasteiger charge is -2.20. The maximum absolute atomic E-state index is 13.3. The number of carbonyl (C=O) groups excluding carboxylic acids is 1. The summed E-state index contributed by atoms with van der Waals surface area (Å²) in [6.07, 6.45) is 11.3. The molecule has 4 aliphatic carbocycles. The Morgan fingerprint density at radius 3 is 1.81 bits per heavy atom. The highest BCUT2D eigenvalue weighted by atomic mass is 35.5. The minimum absolute atomic E-state index is 0. The van der Waals surface area contributed by atoms with E-state index in [0.717, 1.165) is 117 Å². The summed E-state index contributed by atoms with van der Waals surface area (Å²) in [4.78, 5) is 52.2. The van der Waals surface area contributed by atoms with Gasteiger partial charge in [0.2, 0.25) is 5.88 Å². The van der Waals surface area contributed by atoms with E-state index in [-0.39, 0.29) is 56.5 Å². The van der Waals surface area contributed by atoms with E-state index in [1.807, 2.05) is 86.7 Å². The topological polar surface area (TPSA) is 289 Å². The van der Waals surface area contributed by atoms with E-state index >= 15 is 0 Å². The number of para-hydroxylation sites is 1. The van der Waals surface area contributed by atoms with Crippen LogP contribution in [0.1, 0.15) is 184 Å². The van der Waals surface area contributed by atoms with E-state index in [1.54, 1.807) is 83.1 Å². The average Bonchev–Trinajstić information content (AvgIpc) is 1.70. The summed E-state index contributed by atoms with van der Waals surface area (Å²) >= 11 is 26.0. The normalized spacial score (nSPS) is 14.1. The van der Waals surface area contributed by atoms with Gasteiger partial charge in [-0.1, -0.05) is 112 Å². The number of aryl methyl sites for hydroxylation is 5. The minimum Gasteiger partial charge on any atom is -0.489 e. The molecular weight excluding hydrogens is 1470 g/mol. The molecule has 5 aromatic heterocycles. The summed E-state index contributed by atoms with van der Waals surface area (Å²) in [6.45, 7) is 4.84. The lowest BCUT2D eigenvalue weighted by atomic mass is 9.97. The molecule has 0 amide bonds. The van der Waals surface area contributed by atoms with Crippen molar-refractivity contribution in [2.45, 2.75) is 117 Å². The second-order valence-corrected chi connectivity index (χ2v) is 28.7. The van der Waals surface area contributed by atoms with Crippen LogP contribution in [-0.2, 0) is 46.3 Å². The molecule has 0 radical (unpaired) electrons. The standard InChI is InChI=1S/C28H21Cl2N3O4.C28H21ClN2O5.C26H22ClN3O5.CH4/c29-22-2-1-3-23(30)26(22)33-24(25(31-32-33)16-6-7-16)14-37-19-10-11-20-17(12-19)8-4-15-5-9-18(28(35)36)13-21(15)27(20)34;1-15-3-2-4-20(29)25(15)26-19(27(36-31-26)17-6-7-17)14-34-24-12-11-22-21(30-24)10-9-16-5-8-18(28(32)33)13-23(16)35-22;1-13-4-3-5-19(27)21(13)22-18(25(35-29-22)14-6-7-14)12-33-15-8-9-20-16(10-15)24-17(11-34-20)23(26(31)32)28-30(24)2;/h1-3,5,9-13,16H,4,6-8,14H2,(H,35,36);2-5,8-13,17H,6-7,14H2,1H3,(H,32,33);3-5,8-10,14H,6-7,11-12H2,1-2H3,(H,31,32);1H4. The van der Waals surface area contributed by atoms with Crippen molar-refractivity contribution >= 4 is 82.2 Å². The van der Waals surface area contributed by atoms with Crippen LogP contribution in [0, 0.1) is 13.8 Å². The molecule has 22 nitrogen and oxygen atoms in total. The molecule has 12 aromatic rings. The number of carbonyl (C=O) groups is 4. The first-order valence-corrected chi connectivity index (χ1v) is 36.4. The predicted molar refractivity (Wildman–Crippen MR) is 408 cm³/mol. The molecule has 109 heavy (non-hydrogen) atoms. The first kappa shape index (κ1) is 73.0. The molecular formula is C83H68Cl4N8O14. The second-order valence-electron chi connectivity index (χ2n) is 27.1. The fraction of sp³-hybridized carbons (Fsp3) is 0.229. The van der Waals surface area contributed by atoms with Gasteiger partial charge in [-0.15, -0.1) is 5.10 Å². The number of carboxylic acid groups (broad SMARTS) is 3. The van der Waals surface area contributed by atoms with Gasteiger partial charge in [0.05, 0.1) is 59.3 Å². The van der Waals surface area contributed by atoms with E-state index in [0.29, 0.717) is 130 Å². The number of carboxylic acids is 3. The van der Waals surface area contributed by atoms with Crippen LogP contribution in [0.15, 0.2) is 149 Å². The molecule has 26 heteroatoms. The largest absolute Gasteiger partial charge is 0.489 e. The van der Waals surface area contributed by atoms with Gasteiger partial charge >= 0.3 is 17.9 Å². The molecule has 6 aliphatic rings. The average molecular weight is 1540 g/mol. The first-order chi connectivity index (χ1) is 52.3. The summed E-state index contributed by atoms with van der Waals surface area (Å²) in [5, 5.41) is 52.0. The lowest BCUT2D eigenvalue weighted by molar-refractivity contribution is 0.0678. The fourth-order valence-corrected chi connectivity index (χ4v) is 15.0. The molecule has 0 saturated heterocycles. The monoisotopic (exact) mass is 1540 g/mol. The van der Waals surface area contributed by atoms with Crippen molar-refractivity contribution in [3.05, 3.63) is 261 Å². The number of ether oxygens (including phenoxy) is 5. The Morgan fingerprint density at radius 2 is 1.17 bits per heavy atom. The Morgan fingerprint density at radius 1 is 0.578 bits per heavy atom. The van der Waals surface area contributed by atoms with Gasteiger partial charge in [0.15, 0.2) is 17.2 Å². The van der Waals surface area contributed by atoms with Gasteiger partial charge in [-0.25, -0.2) is 24.0 Å². The predicted octanol–water partition coefficient (Wildman–Crippen LogP) is 19.6. The maximum atomic E-state index is 13.3. The van der Waals surface area contributed by atoms with Gasteiger partial charge in [-0.3, -0.25) is 9.48 Å². The van der Waals surface area contributed by atoms with E-state index in [9.17, 15) is 34.5 Å². The summed E-state index contributed by atoms with van der Waals surface area (Å²) < 4.78 is 45.1. The van der Waals surface area contributed by atoms with Gasteiger partial charge < -0.3 is 48.1 Å².